The summed E-state index contributed by atoms with van der Waals surface area (Å²) < 4.78 is 1.55. The highest BCUT2D eigenvalue weighted by Gasteiger charge is 2.35. The summed E-state index contributed by atoms with van der Waals surface area (Å²) in [6, 6.07) is 15.1. The number of halogens is 1. The highest BCUT2D eigenvalue weighted by atomic mass is 35.5. The zero-order valence-electron chi connectivity index (χ0n) is 18.0. The Kier molecular flexibility index (Phi) is 5.74. The molecule has 0 bridgehead atoms. The van der Waals surface area contributed by atoms with Crippen molar-refractivity contribution in [1.29, 1.82) is 0 Å². The number of piperidine rings is 1. The van der Waals surface area contributed by atoms with Gasteiger partial charge in [-0.2, -0.15) is 0 Å². The minimum Gasteiger partial charge on any atom is -0.385 e. The van der Waals surface area contributed by atoms with Crippen LogP contribution in [0.15, 0.2) is 60.2 Å². The van der Waals surface area contributed by atoms with Crippen LogP contribution in [0.3, 0.4) is 0 Å². The summed E-state index contributed by atoms with van der Waals surface area (Å²) in [5.41, 5.74) is 3.28. The standard InChI is InChI=1S/C24H22ClN5O2S/c1-16-10-22(33-14-16)17-11-18(13-21(12-17)30-15-26-27-28-30)23(31)29-8-6-24(32,7-9-29)19-2-4-20(25)5-3-19/h2-5,10-15,32H,6-9H2,1H3. The van der Waals surface area contributed by atoms with Crippen LogP contribution >= 0.6 is 22.9 Å². The summed E-state index contributed by atoms with van der Waals surface area (Å²) in [5, 5.41) is 25.3. The number of carbonyl (C=O) groups excluding carboxylic acids is 1. The number of nitrogens with zero attached hydrogens (tertiary/aromatic N) is 5. The molecule has 9 heteroatoms. The minimum atomic E-state index is -0.963. The fourth-order valence-corrected chi connectivity index (χ4v) is 5.20. The minimum absolute atomic E-state index is 0.0717. The molecule has 3 heterocycles. The molecule has 0 atom stereocenters. The number of aryl methyl sites for hydroxylation is 1. The number of benzene rings is 2. The molecule has 168 valence electrons. The average Bonchev–Trinajstić information content (AvgIpc) is 3.51. The molecule has 1 saturated heterocycles. The SMILES string of the molecule is Cc1csc(-c2cc(C(=O)N3CCC(O)(c4ccc(Cl)cc4)CC3)cc(-n3cnnn3)c2)c1. The van der Waals surface area contributed by atoms with Gasteiger partial charge in [0.15, 0.2) is 0 Å². The van der Waals surface area contributed by atoms with E-state index in [4.69, 9.17) is 11.6 Å². The number of aromatic nitrogens is 4. The van der Waals surface area contributed by atoms with Crippen molar-refractivity contribution in [1.82, 2.24) is 25.1 Å². The highest BCUT2D eigenvalue weighted by molar-refractivity contribution is 7.13. The monoisotopic (exact) mass is 479 g/mol. The van der Waals surface area contributed by atoms with E-state index in [1.165, 1.54) is 11.9 Å². The lowest BCUT2D eigenvalue weighted by Crippen LogP contribution is -2.45. The van der Waals surface area contributed by atoms with Crippen LogP contribution in [0, 0.1) is 6.92 Å². The Hall–Kier alpha value is -3.07. The van der Waals surface area contributed by atoms with Gasteiger partial charge in [0.05, 0.1) is 11.3 Å². The average molecular weight is 480 g/mol. The summed E-state index contributed by atoms with van der Waals surface area (Å²) in [4.78, 5) is 16.3. The van der Waals surface area contributed by atoms with Crippen molar-refractivity contribution >= 4 is 28.8 Å². The molecule has 2 aromatic carbocycles. The van der Waals surface area contributed by atoms with Crippen molar-refractivity contribution in [3.63, 3.8) is 0 Å². The summed E-state index contributed by atoms with van der Waals surface area (Å²) in [6.45, 7) is 2.97. The van der Waals surface area contributed by atoms with Crippen LogP contribution in [0.2, 0.25) is 5.02 Å². The van der Waals surface area contributed by atoms with E-state index in [0.29, 0.717) is 36.5 Å². The summed E-state index contributed by atoms with van der Waals surface area (Å²) in [6.07, 6.45) is 2.44. The van der Waals surface area contributed by atoms with Crippen LogP contribution < -0.4 is 0 Å². The molecule has 0 saturated carbocycles. The van der Waals surface area contributed by atoms with E-state index in [0.717, 1.165) is 21.7 Å². The molecule has 1 aliphatic heterocycles. The maximum atomic E-state index is 13.5. The molecular formula is C24H22ClN5O2S. The van der Waals surface area contributed by atoms with Gasteiger partial charge in [0.25, 0.3) is 5.91 Å². The molecule has 0 spiro atoms. The van der Waals surface area contributed by atoms with Crippen LogP contribution in [0.1, 0.15) is 34.3 Å². The smallest absolute Gasteiger partial charge is 0.253 e. The maximum Gasteiger partial charge on any atom is 0.253 e. The van der Waals surface area contributed by atoms with Crippen molar-refractivity contribution in [3.8, 4) is 16.1 Å². The number of rotatable bonds is 4. The number of likely N-dealkylation sites (tertiary alicyclic amines) is 1. The Bertz CT molecular complexity index is 1280. The summed E-state index contributed by atoms with van der Waals surface area (Å²) in [7, 11) is 0. The molecule has 0 radical (unpaired) electrons. The molecule has 5 rings (SSSR count). The number of thiophene rings is 1. The maximum absolute atomic E-state index is 13.5. The van der Waals surface area contributed by atoms with Crippen LogP contribution in [-0.2, 0) is 5.60 Å². The van der Waals surface area contributed by atoms with E-state index >= 15 is 0 Å². The molecule has 0 aliphatic carbocycles. The Morgan fingerprint density at radius 3 is 2.52 bits per heavy atom. The second-order valence-electron chi connectivity index (χ2n) is 8.34. The van der Waals surface area contributed by atoms with Crippen molar-refractivity contribution in [3.05, 3.63) is 82.0 Å². The van der Waals surface area contributed by atoms with Gasteiger partial charge >= 0.3 is 0 Å². The Labute approximate surface area is 200 Å². The van der Waals surface area contributed by atoms with Gasteiger partial charge in [-0.1, -0.05) is 23.7 Å². The number of hydrogen-bond donors (Lipinski definition) is 1. The van der Waals surface area contributed by atoms with E-state index in [1.54, 1.807) is 33.1 Å². The number of aliphatic hydroxyl groups is 1. The molecule has 1 amide bonds. The molecule has 7 nitrogen and oxygen atoms in total. The molecule has 0 unspecified atom stereocenters. The van der Waals surface area contributed by atoms with Gasteiger partial charge in [0.2, 0.25) is 0 Å². The Balaban J connectivity index is 1.41. The van der Waals surface area contributed by atoms with E-state index in [9.17, 15) is 9.90 Å². The molecule has 1 fully saturated rings. The number of hydrogen-bond acceptors (Lipinski definition) is 6. The van der Waals surface area contributed by atoms with Gasteiger partial charge < -0.3 is 10.0 Å². The zero-order chi connectivity index (χ0) is 23.0. The van der Waals surface area contributed by atoms with E-state index in [2.05, 4.69) is 27.0 Å². The number of carbonyl (C=O) groups is 1. The Morgan fingerprint density at radius 1 is 1.12 bits per heavy atom. The quantitative estimate of drug-likeness (QED) is 0.466. The first kappa shape index (κ1) is 21.8. The van der Waals surface area contributed by atoms with Gasteiger partial charge in [-0.3, -0.25) is 4.79 Å². The van der Waals surface area contributed by atoms with Crippen LogP contribution in [0.25, 0.3) is 16.1 Å². The fraction of sp³-hybridized carbons (Fsp3) is 0.250. The predicted molar refractivity (Wildman–Crippen MR) is 128 cm³/mol. The van der Waals surface area contributed by atoms with Crippen molar-refractivity contribution in [2.24, 2.45) is 0 Å². The largest absolute Gasteiger partial charge is 0.385 e. The first-order chi connectivity index (χ1) is 15.9. The molecule has 1 N–H and O–H groups in total. The van der Waals surface area contributed by atoms with Gasteiger partial charge in [0.1, 0.15) is 6.33 Å². The second-order valence-corrected chi connectivity index (χ2v) is 9.69. The molecular weight excluding hydrogens is 458 g/mol. The highest BCUT2D eigenvalue weighted by Crippen LogP contribution is 2.35. The summed E-state index contributed by atoms with van der Waals surface area (Å²) >= 11 is 7.62. The molecule has 33 heavy (non-hydrogen) atoms. The van der Waals surface area contributed by atoms with Gasteiger partial charge in [-0.15, -0.1) is 16.4 Å². The fourth-order valence-electron chi connectivity index (χ4n) is 4.18. The van der Waals surface area contributed by atoms with Crippen molar-refractivity contribution < 1.29 is 9.90 Å². The first-order valence-electron chi connectivity index (χ1n) is 10.6. The topological polar surface area (TPSA) is 84.1 Å². The van der Waals surface area contributed by atoms with E-state index in [1.807, 2.05) is 37.3 Å². The molecule has 4 aromatic rings. The first-order valence-corrected chi connectivity index (χ1v) is 11.9. The van der Waals surface area contributed by atoms with Crippen LogP contribution in [0.5, 0.6) is 0 Å². The van der Waals surface area contributed by atoms with Crippen LogP contribution in [-0.4, -0.2) is 49.2 Å². The second kappa shape index (κ2) is 8.70. The van der Waals surface area contributed by atoms with E-state index in [-0.39, 0.29) is 5.91 Å². The third kappa shape index (κ3) is 4.42. The molecule has 1 aliphatic rings. The third-order valence-corrected chi connectivity index (χ3v) is 7.40. The zero-order valence-corrected chi connectivity index (χ0v) is 19.6. The van der Waals surface area contributed by atoms with Crippen molar-refractivity contribution in [2.45, 2.75) is 25.4 Å². The Morgan fingerprint density at radius 2 is 1.88 bits per heavy atom. The van der Waals surface area contributed by atoms with Crippen molar-refractivity contribution in [2.75, 3.05) is 13.1 Å². The lowest BCUT2D eigenvalue weighted by Gasteiger charge is -2.38. The predicted octanol–water partition coefficient (Wildman–Crippen LogP) is 4.48. The lowest BCUT2D eigenvalue weighted by atomic mass is 9.84. The lowest BCUT2D eigenvalue weighted by molar-refractivity contribution is -0.0211. The number of amides is 1. The third-order valence-electron chi connectivity index (χ3n) is 6.05. The summed E-state index contributed by atoms with van der Waals surface area (Å²) in [5.74, 6) is -0.0717. The van der Waals surface area contributed by atoms with Gasteiger partial charge in [0, 0.05) is 28.6 Å². The van der Waals surface area contributed by atoms with Gasteiger partial charge in [-0.25, -0.2) is 4.68 Å². The van der Waals surface area contributed by atoms with Gasteiger partial charge in [-0.05, 0) is 88.7 Å². The molecule has 2 aromatic heterocycles. The van der Waals surface area contributed by atoms with E-state index < -0.39 is 5.60 Å². The normalized spacial score (nSPS) is 15.5. The van der Waals surface area contributed by atoms with Crippen LogP contribution in [0.4, 0.5) is 0 Å². The number of tetrazole rings is 1.